The zero-order valence-corrected chi connectivity index (χ0v) is 11.8. The number of hydrogen-bond acceptors (Lipinski definition) is 2. The summed E-state index contributed by atoms with van der Waals surface area (Å²) in [6.45, 7) is 1.89. The van der Waals surface area contributed by atoms with Crippen molar-refractivity contribution in [2.75, 3.05) is 0 Å². The Morgan fingerprint density at radius 2 is 1.75 bits per heavy atom. The van der Waals surface area contributed by atoms with Gasteiger partial charge in [0.2, 0.25) is 0 Å². The van der Waals surface area contributed by atoms with Gasteiger partial charge in [-0.1, -0.05) is 6.92 Å². The minimum absolute atomic E-state index is 0.0482. The topological polar surface area (TPSA) is 33.0 Å². The van der Waals surface area contributed by atoms with E-state index in [0.717, 1.165) is 0 Å². The summed E-state index contributed by atoms with van der Waals surface area (Å²) >= 11 is 0. The molecule has 2 nitrogen and oxygen atoms in total. The van der Waals surface area contributed by atoms with Crippen LogP contribution in [-0.4, -0.2) is 18.4 Å². The van der Waals surface area contributed by atoms with E-state index >= 15 is 0 Å². The van der Waals surface area contributed by atoms with Gasteiger partial charge in [0.25, 0.3) is 0 Å². The zero-order valence-electron chi connectivity index (χ0n) is 11.8. The van der Waals surface area contributed by atoms with Crippen LogP contribution in [0.2, 0.25) is 0 Å². The average Bonchev–Trinajstić information content (AvgIpc) is 2.38. The van der Waals surface area contributed by atoms with Crippen LogP contribution >= 0.6 is 0 Å². The first kappa shape index (κ1) is 15.6. The maximum absolute atomic E-state index is 14.1. The lowest BCUT2D eigenvalue weighted by Gasteiger charge is -2.37. The highest BCUT2D eigenvalue weighted by atomic mass is 19.3. The first-order valence-electron chi connectivity index (χ1n) is 7.51. The van der Waals surface area contributed by atoms with Crippen molar-refractivity contribution in [2.24, 2.45) is 17.8 Å². The molecule has 2 aliphatic rings. The highest BCUT2D eigenvalue weighted by Gasteiger charge is 2.49. The van der Waals surface area contributed by atoms with Crippen LogP contribution < -0.4 is 0 Å². The van der Waals surface area contributed by atoms with Crippen LogP contribution in [0, 0.1) is 29.1 Å². The first-order valence-corrected chi connectivity index (χ1v) is 7.51. The van der Waals surface area contributed by atoms with E-state index in [1.54, 1.807) is 0 Å². The standard InChI is InChI=1S/C15H22F3NO/c1-10-2-7-13(14(16)8-10)15(17,18)20-12-5-3-11(9-19)4-6-12/h10-14H,2-8H2,1H3. The van der Waals surface area contributed by atoms with Crippen LogP contribution in [0.4, 0.5) is 13.2 Å². The van der Waals surface area contributed by atoms with Crippen molar-refractivity contribution in [3.05, 3.63) is 0 Å². The molecule has 2 rings (SSSR count). The molecule has 2 aliphatic carbocycles. The Morgan fingerprint density at radius 1 is 1.10 bits per heavy atom. The average molecular weight is 289 g/mol. The molecule has 114 valence electrons. The molecule has 0 bridgehead atoms. The largest absolute Gasteiger partial charge is 0.361 e. The van der Waals surface area contributed by atoms with E-state index in [1.807, 2.05) is 6.92 Å². The lowest BCUT2D eigenvalue weighted by Crippen LogP contribution is -2.43. The Kier molecular flexibility index (Phi) is 4.95. The maximum Gasteiger partial charge on any atom is 0.361 e. The van der Waals surface area contributed by atoms with Crippen molar-refractivity contribution in [3.8, 4) is 6.07 Å². The summed E-state index contributed by atoms with van der Waals surface area (Å²) in [5, 5.41) is 8.78. The summed E-state index contributed by atoms with van der Waals surface area (Å²) < 4.78 is 47.0. The number of hydrogen-bond donors (Lipinski definition) is 0. The van der Waals surface area contributed by atoms with Crippen LogP contribution in [0.5, 0.6) is 0 Å². The Morgan fingerprint density at radius 3 is 2.30 bits per heavy atom. The lowest BCUT2D eigenvalue weighted by molar-refractivity contribution is -0.309. The van der Waals surface area contributed by atoms with Gasteiger partial charge in [-0.15, -0.1) is 0 Å². The fraction of sp³-hybridized carbons (Fsp3) is 0.933. The lowest BCUT2D eigenvalue weighted by atomic mass is 9.80. The first-order chi connectivity index (χ1) is 9.42. The highest BCUT2D eigenvalue weighted by Crippen LogP contribution is 2.43. The molecule has 2 fully saturated rings. The smallest absolute Gasteiger partial charge is 0.317 e. The minimum Gasteiger partial charge on any atom is -0.317 e. The van der Waals surface area contributed by atoms with E-state index in [9.17, 15) is 13.2 Å². The molecule has 0 aromatic heterocycles. The second-order valence-corrected chi connectivity index (χ2v) is 6.32. The van der Waals surface area contributed by atoms with Crippen LogP contribution in [-0.2, 0) is 4.74 Å². The number of alkyl halides is 3. The Labute approximate surface area is 118 Å². The molecule has 0 aliphatic heterocycles. The molecule has 0 spiro atoms. The fourth-order valence-corrected chi connectivity index (χ4v) is 3.31. The van der Waals surface area contributed by atoms with Crippen LogP contribution in [0.15, 0.2) is 0 Å². The Balaban J connectivity index is 1.89. The summed E-state index contributed by atoms with van der Waals surface area (Å²) in [5.74, 6) is -1.19. The monoisotopic (exact) mass is 289 g/mol. The second-order valence-electron chi connectivity index (χ2n) is 6.32. The summed E-state index contributed by atoms with van der Waals surface area (Å²) in [4.78, 5) is 0. The molecule has 0 radical (unpaired) electrons. The SMILES string of the molecule is CC1CCC(C(F)(F)OC2CCC(C#N)CC2)C(F)C1. The molecule has 3 atom stereocenters. The minimum atomic E-state index is -3.39. The number of halogens is 3. The molecule has 0 saturated heterocycles. The van der Waals surface area contributed by atoms with Gasteiger partial charge in [-0.2, -0.15) is 14.0 Å². The van der Waals surface area contributed by atoms with Crippen molar-refractivity contribution in [3.63, 3.8) is 0 Å². The molecule has 2 saturated carbocycles. The van der Waals surface area contributed by atoms with E-state index in [0.29, 0.717) is 32.1 Å². The van der Waals surface area contributed by atoms with E-state index in [1.165, 1.54) is 0 Å². The van der Waals surface area contributed by atoms with Gasteiger partial charge in [-0.25, -0.2) is 4.39 Å². The quantitative estimate of drug-likeness (QED) is 0.769. The third-order valence-corrected chi connectivity index (χ3v) is 4.65. The van der Waals surface area contributed by atoms with Crippen LogP contribution in [0.25, 0.3) is 0 Å². The van der Waals surface area contributed by atoms with Gasteiger partial charge < -0.3 is 4.74 Å². The predicted octanol–water partition coefficient (Wildman–Crippen LogP) is 4.45. The third-order valence-electron chi connectivity index (χ3n) is 4.65. The van der Waals surface area contributed by atoms with Crippen LogP contribution in [0.3, 0.4) is 0 Å². The van der Waals surface area contributed by atoms with E-state index in [4.69, 9.17) is 10.00 Å². The molecule has 3 unspecified atom stereocenters. The van der Waals surface area contributed by atoms with Crippen molar-refractivity contribution < 1.29 is 17.9 Å². The Bertz CT molecular complexity index is 361. The van der Waals surface area contributed by atoms with Crippen molar-refractivity contribution in [1.82, 2.24) is 0 Å². The van der Waals surface area contributed by atoms with Gasteiger partial charge in [0.15, 0.2) is 0 Å². The van der Waals surface area contributed by atoms with Crippen molar-refractivity contribution in [2.45, 2.75) is 70.3 Å². The maximum atomic E-state index is 14.1. The van der Waals surface area contributed by atoms with Gasteiger partial charge in [0.05, 0.1) is 18.1 Å². The third kappa shape index (κ3) is 3.66. The van der Waals surface area contributed by atoms with Crippen molar-refractivity contribution in [1.29, 1.82) is 5.26 Å². The molecular formula is C15H22F3NO. The normalized spacial score (nSPS) is 39.2. The van der Waals surface area contributed by atoms with E-state index in [-0.39, 0.29) is 24.7 Å². The molecule has 5 heteroatoms. The molecule has 0 aromatic carbocycles. The summed E-state index contributed by atoms with van der Waals surface area (Å²) in [6, 6.07) is 2.16. The summed E-state index contributed by atoms with van der Waals surface area (Å²) in [5.41, 5.74) is 0. The second kappa shape index (κ2) is 6.34. The molecule has 0 aromatic rings. The zero-order chi connectivity index (χ0) is 14.8. The number of nitriles is 1. The molecular weight excluding hydrogens is 267 g/mol. The van der Waals surface area contributed by atoms with Crippen LogP contribution in [0.1, 0.15) is 51.9 Å². The van der Waals surface area contributed by atoms with Crippen molar-refractivity contribution >= 4 is 0 Å². The van der Waals surface area contributed by atoms with Gasteiger partial charge in [-0.05, 0) is 50.9 Å². The molecule has 0 heterocycles. The molecule has 0 N–H and O–H groups in total. The van der Waals surface area contributed by atoms with Gasteiger partial charge >= 0.3 is 6.11 Å². The Hall–Kier alpha value is -0.760. The van der Waals surface area contributed by atoms with E-state index < -0.39 is 24.3 Å². The van der Waals surface area contributed by atoms with Gasteiger partial charge in [-0.3, -0.25) is 0 Å². The van der Waals surface area contributed by atoms with E-state index in [2.05, 4.69) is 6.07 Å². The number of ether oxygens (including phenoxy) is 1. The summed E-state index contributed by atoms with van der Waals surface area (Å²) in [6.07, 6.45) is -2.27. The predicted molar refractivity (Wildman–Crippen MR) is 68.8 cm³/mol. The van der Waals surface area contributed by atoms with Gasteiger partial charge in [0.1, 0.15) is 6.17 Å². The number of nitrogens with zero attached hydrogens (tertiary/aromatic N) is 1. The summed E-state index contributed by atoms with van der Waals surface area (Å²) in [7, 11) is 0. The highest BCUT2D eigenvalue weighted by molar-refractivity contribution is 4.89. The molecule has 0 amide bonds. The van der Waals surface area contributed by atoms with Gasteiger partial charge in [0, 0.05) is 5.92 Å². The number of rotatable bonds is 3. The fourth-order valence-electron chi connectivity index (χ4n) is 3.31. The molecule has 20 heavy (non-hydrogen) atoms.